The first-order chi connectivity index (χ1) is 10.1. The molecule has 0 aromatic heterocycles. The Morgan fingerprint density at radius 1 is 1.05 bits per heavy atom. The van der Waals surface area contributed by atoms with Crippen molar-refractivity contribution in [3.05, 3.63) is 71.3 Å². The fourth-order valence-corrected chi connectivity index (χ4v) is 2.10. The second-order valence-electron chi connectivity index (χ2n) is 4.28. The Kier molecular flexibility index (Phi) is 4.90. The Hall–Kier alpha value is -2.39. The molecule has 2 rings (SSSR count). The van der Waals surface area contributed by atoms with E-state index in [-0.39, 0.29) is 5.78 Å². The number of halogens is 1. The monoisotopic (exact) mass is 300 g/mol. The van der Waals surface area contributed by atoms with E-state index in [1.165, 1.54) is 13.2 Å². The quantitative estimate of drug-likeness (QED) is 0.488. The van der Waals surface area contributed by atoms with Crippen LogP contribution in [0.5, 0.6) is 0 Å². The number of carbonyl (C=O) groups is 2. The molecule has 0 unspecified atom stereocenters. The predicted octanol–water partition coefficient (Wildman–Crippen LogP) is 3.92. The summed E-state index contributed by atoms with van der Waals surface area (Å²) in [7, 11) is 1.26. The van der Waals surface area contributed by atoms with Crippen LogP contribution in [-0.4, -0.2) is 18.9 Å². The number of allylic oxidation sites excluding steroid dienone is 1. The minimum absolute atomic E-state index is 0.268. The lowest BCUT2D eigenvalue weighted by Gasteiger charge is -2.07. The lowest BCUT2D eigenvalue weighted by Crippen LogP contribution is -2.00. The number of carbonyl (C=O) groups excluding carboxylic acids is 2. The van der Waals surface area contributed by atoms with Crippen LogP contribution in [0.15, 0.2) is 60.7 Å². The third kappa shape index (κ3) is 3.80. The van der Waals surface area contributed by atoms with Gasteiger partial charge in [0.05, 0.1) is 7.11 Å². The normalized spacial score (nSPS) is 10.6. The molecule has 21 heavy (non-hydrogen) atoms. The first-order valence-corrected chi connectivity index (χ1v) is 6.65. The minimum Gasteiger partial charge on any atom is -0.466 e. The third-order valence-corrected chi connectivity index (χ3v) is 3.14. The number of esters is 1. The smallest absolute Gasteiger partial charge is 0.330 e. The standard InChI is InChI=1S/C17H13ClO3/c1-21-17(20)10-9-16(19)15-8-3-2-7-14(15)12-5-4-6-13(18)11-12/h2-11H,1H3/b10-9+. The minimum atomic E-state index is -0.566. The lowest BCUT2D eigenvalue weighted by atomic mass is 9.97. The molecule has 0 saturated carbocycles. The zero-order valence-corrected chi connectivity index (χ0v) is 12.1. The van der Waals surface area contributed by atoms with Gasteiger partial charge in [0.2, 0.25) is 0 Å². The Bertz CT molecular complexity index is 705. The number of ketones is 1. The van der Waals surface area contributed by atoms with Gasteiger partial charge >= 0.3 is 5.97 Å². The summed E-state index contributed by atoms with van der Waals surface area (Å²) < 4.78 is 4.47. The summed E-state index contributed by atoms with van der Waals surface area (Å²) in [5.41, 5.74) is 2.11. The van der Waals surface area contributed by atoms with Crippen molar-refractivity contribution in [1.29, 1.82) is 0 Å². The largest absolute Gasteiger partial charge is 0.466 e. The van der Waals surface area contributed by atoms with Crippen molar-refractivity contribution in [2.75, 3.05) is 7.11 Å². The molecule has 106 valence electrons. The van der Waals surface area contributed by atoms with Gasteiger partial charge in [-0.1, -0.05) is 48.0 Å². The van der Waals surface area contributed by atoms with E-state index in [1.807, 2.05) is 24.3 Å². The number of rotatable bonds is 4. The summed E-state index contributed by atoms with van der Waals surface area (Å²) >= 11 is 5.99. The fraction of sp³-hybridized carbons (Fsp3) is 0.0588. The van der Waals surface area contributed by atoms with Crippen LogP contribution < -0.4 is 0 Å². The molecule has 0 aliphatic rings. The zero-order chi connectivity index (χ0) is 15.2. The molecule has 4 heteroatoms. The van der Waals surface area contributed by atoms with Crippen molar-refractivity contribution >= 4 is 23.4 Å². The van der Waals surface area contributed by atoms with Gasteiger partial charge in [-0.3, -0.25) is 4.79 Å². The van der Waals surface area contributed by atoms with Crippen molar-refractivity contribution in [3.63, 3.8) is 0 Å². The Balaban J connectivity index is 2.40. The average Bonchev–Trinajstić information content (AvgIpc) is 2.52. The van der Waals surface area contributed by atoms with Crippen molar-refractivity contribution in [1.82, 2.24) is 0 Å². The number of hydrogen-bond donors (Lipinski definition) is 0. The van der Waals surface area contributed by atoms with Crippen molar-refractivity contribution in [2.45, 2.75) is 0 Å². The third-order valence-electron chi connectivity index (χ3n) is 2.90. The number of ether oxygens (including phenoxy) is 1. The van der Waals surface area contributed by atoms with Gasteiger partial charge in [-0.2, -0.15) is 0 Å². The zero-order valence-electron chi connectivity index (χ0n) is 11.4. The molecule has 2 aromatic carbocycles. The van der Waals surface area contributed by atoms with E-state index in [2.05, 4.69) is 4.74 Å². The fourth-order valence-electron chi connectivity index (χ4n) is 1.91. The van der Waals surface area contributed by atoms with Gasteiger partial charge in [0.1, 0.15) is 0 Å². The summed E-state index contributed by atoms with van der Waals surface area (Å²) in [6.07, 6.45) is 2.31. The molecule has 0 N–H and O–H groups in total. The van der Waals surface area contributed by atoms with Crippen molar-refractivity contribution < 1.29 is 14.3 Å². The van der Waals surface area contributed by atoms with Gasteiger partial charge in [-0.05, 0) is 29.3 Å². The highest BCUT2D eigenvalue weighted by Gasteiger charge is 2.10. The highest BCUT2D eigenvalue weighted by atomic mass is 35.5. The summed E-state index contributed by atoms with van der Waals surface area (Å²) in [6, 6.07) is 14.4. The molecule has 0 heterocycles. The molecule has 0 aliphatic carbocycles. The summed E-state index contributed by atoms with van der Waals surface area (Å²) in [4.78, 5) is 23.3. The maximum absolute atomic E-state index is 12.2. The number of methoxy groups -OCH3 is 1. The second kappa shape index (κ2) is 6.86. The molecule has 0 spiro atoms. The van der Waals surface area contributed by atoms with Gasteiger partial charge in [0.15, 0.2) is 5.78 Å². The Morgan fingerprint density at radius 2 is 1.81 bits per heavy atom. The van der Waals surface area contributed by atoms with Gasteiger partial charge in [0, 0.05) is 16.7 Å². The molecule has 0 radical (unpaired) electrons. The van der Waals surface area contributed by atoms with E-state index in [1.54, 1.807) is 24.3 Å². The second-order valence-corrected chi connectivity index (χ2v) is 4.71. The molecule has 3 nitrogen and oxygen atoms in total. The molecule has 0 bridgehead atoms. The summed E-state index contributed by atoms with van der Waals surface area (Å²) in [6.45, 7) is 0. The van der Waals surface area contributed by atoms with Crippen LogP contribution in [0.4, 0.5) is 0 Å². The van der Waals surface area contributed by atoms with Gasteiger partial charge in [-0.15, -0.1) is 0 Å². The molecular formula is C17H13ClO3. The van der Waals surface area contributed by atoms with Crippen molar-refractivity contribution in [3.8, 4) is 11.1 Å². The molecule has 0 amide bonds. The predicted molar refractivity (Wildman–Crippen MR) is 82.4 cm³/mol. The Morgan fingerprint density at radius 3 is 2.52 bits per heavy atom. The van der Waals surface area contributed by atoms with Gasteiger partial charge in [-0.25, -0.2) is 4.79 Å². The van der Waals surface area contributed by atoms with E-state index in [0.717, 1.165) is 17.2 Å². The molecule has 0 saturated heterocycles. The van der Waals surface area contributed by atoms with Crippen LogP contribution >= 0.6 is 11.6 Å². The van der Waals surface area contributed by atoms with E-state index in [0.29, 0.717) is 10.6 Å². The van der Waals surface area contributed by atoms with Crippen LogP contribution in [0.3, 0.4) is 0 Å². The van der Waals surface area contributed by atoms with Gasteiger partial charge < -0.3 is 4.74 Å². The van der Waals surface area contributed by atoms with E-state index in [4.69, 9.17) is 11.6 Å². The first-order valence-electron chi connectivity index (χ1n) is 6.27. The maximum Gasteiger partial charge on any atom is 0.330 e. The summed E-state index contributed by atoms with van der Waals surface area (Å²) in [5, 5.41) is 0.597. The molecule has 0 aliphatic heterocycles. The summed E-state index contributed by atoms with van der Waals surface area (Å²) in [5.74, 6) is -0.834. The SMILES string of the molecule is COC(=O)/C=C/C(=O)c1ccccc1-c1cccc(Cl)c1. The molecular weight excluding hydrogens is 288 g/mol. The lowest BCUT2D eigenvalue weighted by molar-refractivity contribution is -0.134. The molecule has 2 aromatic rings. The van der Waals surface area contributed by atoms with Gasteiger partial charge in [0.25, 0.3) is 0 Å². The average molecular weight is 301 g/mol. The van der Waals surface area contributed by atoms with E-state index < -0.39 is 5.97 Å². The maximum atomic E-state index is 12.2. The highest BCUT2D eigenvalue weighted by Crippen LogP contribution is 2.26. The first kappa shape index (κ1) is 15.0. The van der Waals surface area contributed by atoms with Crippen LogP contribution in [-0.2, 0) is 9.53 Å². The van der Waals surface area contributed by atoms with E-state index >= 15 is 0 Å². The van der Waals surface area contributed by atoms with Crippen molar-refractivity contribution in [2.24, 2.45) is 0 Å². The van der Waals surface area contributed by atoms with Crippen LogP contribution in [0.25, 0.3) is 11.1 Å². The number of hydrogen-bond acceptors (Lipinski definition) is 3. The van der Waals surface area contributed by atoms with Crippen LogP contribution in [0, 0.1) is 0 Å². The molecule has 0 atom stereocenters. The molecule has 0 fully saturated rings. The van der Waals surface area contributed by atoms with E-state index in [9.17, 15) is 9.59 Å². The van der Waals surface area contributed by atoms with Crippen LogP contribution in [0.1, 0.15) is 10.4 Å². The topological polar surface area (TPSA) is 43.4 Å². The Labute approximate surface area is 127 Å². The highest BCUT2D eigenvalue weighted by molar-refractivity contribution is 6.30. The number of benzene rings is 2. The van der Waals surface area contributed by atoms with Crippen LogP contribution in [0.2, 0.25) is 5.02 Å².